The fourth-order valence-electron chi connectivity index (χ4n) is 0.382. The summed E-state index contributed by atoms with van der Waals surface area (Å²) in [7, 11) is -0.417. The van der Waals surface area contributed by atoms with Gasteiger partial charge in [0.1, 0.15) is 0 Å². The smallest absolute Gasteiger partial charge is 0.463 e. The van der Waals surface area contributed by atoms with Crippen molar-refractivity contribution in [2.75, 3.05) is 7.11 Å². The third kappa shape index (κ3) is 5.85. The minimum atomic E-state index is -1.62. The molecule has 0 bridgehead atoms. The van der Waals surface area contributed by atoms with E-state index in [4.69, 9.17) is 15.2 Å². The summed E-state index contributed by atoms with van der Waals surface area (Å²) in [4.78, 5) is 9.96. The van der Waals surface area contributed by atoms with E-state index in [1.54, 1.807) is 6.07 Å². The number of carbonyl (C=O) groups is 1. The molecule has 0 saturated heterocycles. The number of nitrogens with zero attached hydrogens (tertiary/aromatic N) is 2. The Balaban J connectivity index is 0.000000252. The fourth-order valence-corrected chi connectivity index (χ4v) is 0.382. The van der Waals surface area contributed by atoms with E-state index in [9.17, 15) is 4.79 Å². The number of hydrogen-bond donors (Lipinski definition) is 3. The van der Waals surface area contributed by atoms with Crippen LogP contribution in [0, 0.1) is 0 Å². The molecular weight excluding hydrogens is 179 g/mol. The average molecular weight is 188 g/mol. The van der Waals surface area contributed by atoms with Gasteiger partial charge in [0, 0.05) is 19.5 Å². The van der Waals surface area contributed by atoms with Crippen LogP contribution in [0.15, 0.2) is 18.5 Å². The van der Waals surface area contributed by atoms with Crippen molar-refractivity contribution in [3.8, 4) is 0 Å². The lowest BCUT2D eigenvalue weighted by Gasteiger charge is -1.85. The van der Waals surface area contributed by atoms with Gasteiger partial charge in [-0.3, -0.25) is 0 Å². The Morgan fingerprint density at radius 2 is 2.15 bits per heavy atom. The predicted octanol–water partition coefficient (Wildman–Crippen LogP) is -0.989. The summed E-state index contributed by atoms with van der Waals surface area (Å²) < 4.78 is 4.69. The van der Waals surface area contributed by atoms with E-state index in [1.165, 1.54) is 19.5 Å². The molecule has 0 aliphatic rings. The first-order valence-electron chi connectivity index (χ1n) is 3.19. The van der Waals surface area contributed by atoms with Crippen LogP contribution in [0.1, 0.15) is 0 Å². The second kappa shape index (κ2) is 6.18. The Kier molecular flexibility index (Phi) is 5.52. The van der Waals surface area contributed by atoms with Gasteiger partial charge in [0.2, 0.25) is 0 Å². The highest BCUT2D eigenvalue weighted by Gasteiger charge is 2.00. The maximum absolute atomic E-state index is 9.96. The normalized spacial score (nSPS) is 8.54. The lowest BCUT2D eigenvalue weighted by molar-refractivity contribution is 0.192. The van der Waals surface area contributed by atoms with Gasteiger partial charge in [-0.25, -0.2) is 4.79 Å². The van der Waals surface area contributed by atoms with E-state index < -0.39 is 13.4 Å². The minimum absolute atomic E-state index is 0.833. The summed E-state index contributed by atoms with van der Waals surface area (Å²) in [5.41, 5.74) is 0. The van der Waals surface area contributed by atoms with Crippen LogP contribution < -0.4 is 0 Å². The number of hydrogen-bond acceptors (Lipinski definition) is 5. The molecule has 1 rings (SSSR count). The van der Waals surface area contributed by atoms with Crippen molar-refractivity contribution < 1.29 is 24.6 Å². The Labute approximate surface area is 74.4 Å². The Hall–Kier alpha value is -1.38. The van der Waals surface area contributed by atoms with Crippen LogP contribution in [0.3, 0.4) is 0 Å². The molecule has 0 spiro atoms. The summed E-state index contributed by atoms with van der Waals surface area (Å²) >= 11 is 0. The van der Waals surface area contributed by atoms with Gasteiger partial charge in [-0.15, -0.1) is 0 Å². The van der Waals surface area contributed by atoms with E-state index in [0.29, 0.717) is 0 Å². The monoisotopic (exact) mass is 188 g/mol. The molecule has 0 fully saturated rings. The first-order valence-corrected chi connectivity index (χ1v) is 3.19. The molecule has 0 unspecified atom stereocenters. The number of rotatable bonds is 1. The Bertz CT molecular complexity index is 237. The van der Waals surface area contributed by atoms with Crippen molar-refractivity contribution in [2.45, 2.75) is 0 Å². The molecule has 0 atom stereocenters. The van der Waals surface area contributed by atoms with E-state index in [2.05, 4.69) is 9.75 Å². The third-order valence-corrected chi connectivity index (χ3v) is 0.911. The van der Waals surface area contributed by atoms with Crippen LogP contribution in [0.25, 0.3) is 0 Å². The van der Waals surface area contributed by atoms with Gasteiger partial charge in [-0.2, -0.15) is 9.78 Å². The van der Waals surface area contributed by atoms with Gasteiger partial charge < -0.3 is 19.8 Å². The molecule has 0 aromatic carbocycles. The lowest BCUT2D eigenvalue weighted by atomic mass is 10.3. The first-order chi connectivity index (χ1) is 6.07. The highest BCUT2D eigenvalue weighted by atomic mass is 16.6. The van der Waals surface area contributed by atoms with Crippen LogP contribution in [0.4, 0.5) is 4.79 Å². The van der Waals surface area contributed by atoms with Gasteiger partial charge in [0.15, 0.2) is 0 Å². The van der Waals surface area contributed by atoms with Crippen molar-refractivity contribution in [1.29, 1.82) is 0 Å². The topological polar surface area (TPSA) is 105 Å². The number of aromatic nitrogens is 2. The van der Waals surface area contributed by atoms with Crippen molar-refractivity contribution >= 4 is 13.4 Å². The molecule has 7 nitrogen and oxygen atoms in total. The highest BCUT2D eigenvalue weighted by molar-refractivity contribution is 6.32. The van der Waals surface area contributed by atoms with Crippen LogP contribution in [-0.2, 0) is 4.65 Å². The summed E-state index contributed by atoms with van der Waals surface area (Å²) in [6.45, 7) is 0. The van der Waals surface area contributed by atoms with Gasteiger partial charge in [-0.05, 0) is 6.07 Å². The maximum Gasteiger partial charge on any atom is 0.633 e. The molecule has 0 saturated carbocycles. The molecule has 0 aliphatic carbocycles. The quantitative estimate of drug-likeness (QED) is 0.488. The summed E-state index contributed by atoms with van der Waals surface area (Å²) in [6, 6.07) is 1.55. The average Bonchev–Trinajstić information content (AvgIpc) is 2.57. The van der Waals surface area contributed by atoms with Gasteiger partial charge in [0.05, 0.1) is 0 Å². The largest absolute Gasteiger partial charge is 0.633 e. The molecule has 0 amide bonds. The van der Waals surface area contributed by atoms with Crippen LogP contribution in [0.2, 0.25) is 0 Å². The van der Waals surface area contributed by atoms with Gasteiger partial charge >= 0.3 is 13.4 Å². The van der Waals surface area contributed by atoms with Crippen molar-refractivity contribution in [3.05, 3.63) is 18.5 Å². The van der Waals surface area contributed by atoms with E-state index in [0.717, 1.165) is 4.68 Å². The van der Waals surface area contributed by atoms with E-state index >= 15 is 0 Å². The zero-order chi connectivity index (χ0) is 10.3. The zero-order valence-electron chi connectivity index (χ0n) is 6.86. The van der Waals surface area contributed by atoms with Crippen LogP contribution in [0.5, 0.6) is 0 Å². The maximum atomic E-state index is 9.96. The molecule has 13 heavy (non-hydrogen) atoms. The Morgan fingerprint density at radius 1 is 1.62 bits per heavy atom. The molecule has 1 aromatic rings. The molecule has 8 heteroatoms. The predicted molar refractivity (Wildman–Crippen MR) is 42.9 cm³/mol. The molecule has 1 heterocycles. The molecule has 0 radical (unpaired) electrons. The van der Waals surface area contributed by atoms with Gasteiger partial charge in [-0.1, -0.05) is 0 Å². The van der Waals surface area contributed by atoms with Crippen molar-refractivity contribution in [3.63, 3.8) is 0 Å². The summed E-state index contributed by atoms with van der Waals surface area (Å²) in [5, 5.41) is 27.0. The van der Waals surface area contributed by atoms with E-state index in [1.807, 2.05) is 0 Å². The molecule has 3 N–H and O–H groups in total. The third-order valence-electron chi connectivity index (χ3n) is 0.911. The standard InChI is InChI=1S/C4H4N2O2.CH5BO3/c7-4(8)6-3-1-2-5-6;1-5-2(3)4/h1-3H,(H,7,8);3-4H,1H3. The van der Waals surface area contributed by atoms with Gasteiger partial charge in [0.25, 0.3) is 0 Å². The summed E-state index contributed by atoms with van der Waals surface area (Å²) in [6.07, 6.45) is 1.71. The fraction of sp³-hybridized carbons (Fsp3) is 0.200. The lowest BCUT2D eigenvalue weighted by Crippen LogP contribution is -2.12. The molecular formula is C5H9BN2O5. The van der Waals surface area contributed by atoms with E-state index in [-0.39, 0.29) is 0 Å². The molecule has 1 aromatic heterocycles. The van der Waals surface area contributed by atoms with Crippen molar-refractivity contribution in [1.82, 2.24) is 9.78 Å². The second-order valence-corrected chi connectivity index (χ2v) is 1.80. The molecule has 72 valence electrons. The first kappa shape index (κ1) is 11.6. The highest BCUT2D eigenvalue weighted by Crippen LogP contribution is 1.80. The minimum Gasteiger partial charge on any atom is -0.463 e. The zero-order valence-corrected chi connectivity index (χ0v) is 6.86. The van der Waals surface area contributed by atoms with Crippen molar-refractivity contribution in [2.24, 2.45) is 0 Å². The SMILES string of the molecule is COB(O)O.O=C(O)n1cccn1. The molecule has 0 aliphatic heterocycles. The van der Waals surface area contributed by atoms with Crippen LogP contribution >= 0.6 is 0 Å². The Morgan fingerprint density at radius 3 is 2.31 bits per heavy atom. The van der Waals surface area contributed by atoms with Crippen LogP contribution in [-0.4, -0.2) is 45.5 Å². The number of carboxylic acid groups (broad SMARTS) is 1. The summed E-state index contributed by atoms with van der Waals surface area (Å²) in [5.74, 6) is 0. The second-order valence-electron chi connectivity index (χ2n) is 1.80.